The minimum atomic E-state index is -2.38. The molecule has 30 unspecified atom stereocenters. The van der Waals surface area contributed by atoms with Crippen LogP contribution in [0.4, 0.5) is 17.6 Å². The van der Waals surface area contributed by atoms with E-state index in [0.29, 0.717) is 40.4 Å². The van der Waals surface area contributed by atoms with E-state index < -0.39 is 11.8 Å². The lowest BCUT2D eigenvalue weighted by Crippen LogP contribution is -2.36. The van der Waals surface area contributed by atoms with E-state index in [0.717, 1.165) is 213 Å². The van der Waals surface area contributed by atoms with Gasteiger partial charge in [0.2, 0.25) is 0 Å². The van der Waals surface area contributed by atoms with Crippen molar-refractivity contribution in [3.05, 3.63) is 0 Å². The quantitative estimate of drug-likeness (QED) is 0.135. The van der Waals surface area contributed by atoms with Gasteiger partial charge in [-0.1, -0.05) is 316 Å². The first kappa shape index (κ1) is 113. The summed E-state index contributed by atoms with van der Waals surface area (Å²) in [7, 11) is 0. The van der Waals surface area contributed by atoms with Crippen LogP contribution in [0, 0.1) is 282 Å². The van der Waals surface area contributed by atoms with Gasteiger partial charge < -0.3 is 0 Å². The molecular formula is C109H216F4. The Kier molecular flexibility index (Phi) is 41.4. The Labute approximate surface area is 713 Å². The van der Waals surface area contributed by atoms with Crippen molar-refractivity contribution < 1.29 is 17.6 Å². The summed E-state index contributed by atoms with van der Waals surface area (Å²) in [5.74, 6) is 29.2. The van der Waals surface area contributed by atoms with E-state index in [2.05, 4.69) is 235 Å². The lowest BCUT2D eigenvalue weighted by molar-refractivity contribution is -0.0925. The van der Waals surface area contributed by atoms with Gasteiger partial charge in [0.05, 0.1) is 0 Å². The highest BCUT2D eigenvalue weighted by Crippen LogP contribution is 2.76. The maximum atomic E-state index is 13.9. The Hall–Kier alpha value is -0.280. The van der Waals surface area contributed by atoms with Gasteiger partial charge in [0, 0.05) is 23.7 Å². The van der Waals surface area contributed by atoms with Gasteiger partial charge in [0.25, 0.3) is 11.8 Å². The van der Waals surface area contributed by atoms with E-state index in [1.54, 1.807) is 38.5 Å². The molecule has 0 N–H and O–H groups in total. The zero-order valence-corrected chi connectivity index (χ0v) is 75.8. The zero-order chi connectivity index (χ0) is 78.3. The van der Waals surface area contributed by atoms with Crippen molar-refractivity contribution >= 4 is 0 Å². The molecule has 16 rings (SSSR count). The zero-order valence-electron chi connectivity index (χ0n) is 75.8. The van der Waals surface area contributed by atoms with Crippen LogP contribution in [-0.4, -0.2) is 11.8 Å². The number of hydrogen-bond donors (Lipinski definition) is 0. The van der Waals surface area contributed by atoms with Crippen molar-refractivity contribution in [3.63, 3.8) is 0 Å². The second-order valence-corrected chi connectivity index (χ2v) is 47.8. The lowest BCUT2D eigenvalue weighted by atomic mass is 9.66. The predicted molar refractivity (Wildman–Crippen MR) is 503 cm³/mol. The summed E-state index contributed by atoms with van der Waals surface area (Å²) in [4.78, 5) is 0. The van der Waals surface area contributed by atoms with Crippen LogP contribution in [0.1, 0.15) is 406 Å². The molecule has 16 fully saturated rings. The molecule has 0 nitrogen and oxygen atoms in total. The Bertz CT molecular complexity index is 2490. The molecule has 0 aliphatic heterocycles. The number of fused-ring (bicyclic) bond motifs is 8. The van der Waals surface area contributed by atoms with Gasteiger partial charge in [-0.2, -0.15) is 0 Å². The molecule has 4 heteroatoms. The van der Waals surface area contributed by atoms with Gasteiger partial charge in [-0.25, -0.2) is 17.6 Å². The van der Waals surface area contributed by atoms with Gasteiger partial charge in [-0.15, -0.1) is 0 Å². The third-order valence-corrected chi connectivity index (χ3v) is 36.3. The van der Waals surface area contributed by atoms with Crippen LogP contribution < -0.4 is 0 Å². The number of hydrogen-bond acceptors (Lipinski definition) is 0. The maximum absolute atomic E-state index is 13.9. The predicted octanol–water partition coefficient (Wildman–Crippen LogP) is 36.3. The first-order valence-corrected chi connectivity index (χ1v) is 46.6. The number of rotatable bonds is 16. The summed E-state index contributed by atoms with van der Waals surface area (Å²) in [5.41, 5.74) is 2.90. The Morgan fingerprint density at radius 2 is 0.540 bits per heavy atom. The molecule has 30 atom stereocenters. The average Bonchev–Trinajstić information content (AvgIpc) is 1.52. The lowest BCUT2D eigenvalue weighted by Gasteiger charge is -2.39. The van der Waals surface area contributed by atoms with Crippen LogP contribution in [0.3, 0.4) is 0 Å². The van der Waals surface area contributed by atoms with Gasteiger partial charge in [-0.05, 0) is 348 Å². The smallest absolute Gasteiger partial charge is 0.206 e. The van der Waals surface area contributed by atoms with E-state index in [1.165, 1.54) is 38.5 Å². The minimum absolute atomic E-state index is 0. The largest absolute Gasteiger partial charge is 0.254 e. The fraction of sp³-hybridized carbons (Fsp3) is 1.00. The molecule has 0 saturated heterocycles. The third kappa shape index (κ3) is 21.9. The molecule has 0 heterocycles. The Morgan fingerprint density at radius 3 is 0.805 bits per heavy atom. The highest BCUT2D eigenvalue weighted by Gasteiger charge is 2.76. The molecule has 0 aromatic heterocycles. The molecule has 0 radical (unpaired) electrons. The summed E-state index contributed by atoms with van der Waals surface area (Å²) in [6.45, 7) is 84.7. The van der Waals surface area contributed by atoms with Crippen molar-refractivity contribution in [2.75, 3.05) is 0 Å². The molecule has 16 aliphatic rings. The van der Waals surface area contributed by atoms with Crippen molar-refractivity contribution in [2.24, 2.45) is 282 Å². The number of halogens is 4. The summed E-state index contributed by atoms with van der Waals surface area (Å²) < 4.78 is 54.4. The van der Waals surface area contributed by atoms with Crippen molar-refractivity contribution in [2.45, 2.75) is 418 Å². The van der Waals surface area contributed by atoms with Gasteiger partial charge in [0.1, 0.15) is 0 Å². The standard InChI is InChI=1S/2C14H26.2C12H20F2.4C12H22.9CH4/c1-8(2)12-10-7-11(10)14(5,6)13(12)9(3)4;1-8(2)10-7-11-13(14(11,5)6)12(10)9(3)4;1-6(2)10-8-5-9(8)12(13,14)11(10)7(3)4;1-6(2)8-5-9-11(12(9,13)14)10(8)7(3)4;2*1-7(2)10-5-9-6-11(9)12(10)8(3)4;2*1-8(2)11-6-5-10-7-12(10,11)9(3)4;;;;;;;;;/h2*8-13H,7H2,1-6H3;2*6-11H,5H2,1-4H3;2*7-12H,5-6H2,1-4H3;2*8-11H,5-7H2,1-4H3;9*1H4. The van der Waals surface area contributed by atoms with Crippen LogP contribution in [0.15, 0.2) is 0 Å². The third-order valence-electron chi connectivity index (χ3n) is 36.3. The van der Waals surface area contributed by atoms with Crippen LogP contribution in [0.2, 0.25) is 0 Å². The topological polar surface area (TPSA) is 0 Å². The molecule has 0 bridgehead atoms. The van der Waals surface area contributed by atoms with Crippen molar-refractivity contribution in [1.82, 2.24) is 0 Å². The SMILES string of the molecule is C.C.C.C.C.C.C.C.C.CC(C)C1C2CC2C(C)(C)C1C(C)C.CC(C)C1C2CC2C(F)(F)C1C(C)C.CC(C)C1CC2C(C1C(C)C)C2(C)C.CC(C)C1CC2C(C1C(C)C)C2(F)F.CC(C)C1CC2CC2C1C(C)C.CC(C)C1CC2CC2C1C(C)C.CC(C)C1CCC2CC21C(C)C.CC(C)C1CCC2CC21C(C)C. The highest BCUT2D eigenvalue weighted by molar-refractivity contribution is 5.19. The summed E-state index contributed by atoms with van der Waals surface area (Å²) in [6, 6.07) is 0. The van der Waals surface area contributed by atoms with Crippen LogP contribution >= 0.6 is 0 Å². The van der Waals surface area contributed by atoms with Crippen LogP contribution in [0.25, 0.3) is 0 Å². The summed E-state index contributed by atoms with van der Waals surface area (Å²) in [6.07, 6.45) is 20.0. The molecule has 0 spiro atoms. The highest BCUT2D eigenvalue weighted by atomic mass is 19.3. The van der Waals surface area contributed by atoms with Crippen LogP contribution in [-0.2, 0) is 0 Å². The monoisotopic (exact) mass is 1600 g/mol. The molecule has 0 amide bonds. The molecule has 0 aromatic rings. The molecular weight excluding hydrogens is 1390 g/mol. The fourth-order valence-electron chi connectivity index (χ4n) is 31.2. The second-order valence-electron chi connectivity index (χ2n) is 47.8. The molecule has 16 saturated carbocycles. The van der Waals surface area contributed by atoms with Crippen molar-refractivity contribution in [1.29, 1.82) is 0 Å². The fourth-order valence-corrected chi connectivity index (χ4v) is 31.2. The Morgan fingerprint density at radius 1 is 0.239 bits per heavy atom. The molecule has 0 aromatic carbocycles. The van der Waals surface area contributed by atoms with Gasteiger partial charge in [0.15, 0.2) is 0 Å². The molecule has 113 heavy (non-hydrogen) atoms. The van der Waals surface area contributed by atoms with E-state index in [1.807, 2.05) is 13.8 Å². The van der Waals surface area contributed by atoms with Crippen molar-refractivity contribution in [3.8, 4) is 0 Å². The van der Waals surface area contributed by atoms with Crippen LogP contribution in [0.5, 0.6) is 0 Å². The first-order valence-electron chi connectivity index (χ1n) is 46.6. The summed E-state index contributed by atoms with van der Waals surface area (Å²) >= 11 is 0. The Balaban J connectivity index is 0.00000126. The molecule has 16 aliphatic carbocycles. The maximum Gasteiger partial charge on any atom is 0.254 e. The van der Waals surface area contributed by atoms with E-state index in [4.69, 9.17) is 0 Å². The summed E-state index contributed by atoms with van der Waals surface area (Å²) in [5, 5.41) is 0. The van der Waals surface area contributed by atoms with E-state index in [-0.39, 0.29) is 108 Å². The average molecular weight is 1600 g/mol. The van der Waals surface area contributed by atoms with Gasteiger partial charge >= 0.3 is 0 Å². The first-order chi connectivity index (χ1) is 47.9. The van der Waals surface area contributed by atoms with E-state index in [9.17, 15) is 17.6 Å². The number of alkyl halides is 4. The minimum Gasteiger partial charge on any atom is -0.206 e. The van der Waals surface area contributed by atoms with Gasteiger partial charge in [-0.3, -0.25) is 0 Å². The second kappa shape index (κ2) is 41.5. The van der Waals surface area contributed by atoms with E-state index >= 15 is 0 Å². The normalized spacial score (nSPS) is 41.4. The molecule has 680 valence electrons.